The molecule has 0 aliphatic heterocycles. The molecule has 0 unspecified atom stereocenters. The van der Waals surface area contributed by atoms with Crippen LogP contribution in [0, 0.1) is 24.0 Å². The fraction of sp³-hybridized carbons (Fsp3) is 0.250. The number of amides is 1. The third-order valence-corrected chi connectivity index (χ3v) is 3.21. The first kappa shape index (κ1) is 14.9. The summed E-state index contributed by atoms with van der Waals surface area (Å²) in [4.78, 5) is 26.0. The maximum atomic E-state index is 11.9. The second-order valence-electron chi connectivity index (χ2n) is 4.40. The molecule has 0 saturated heterocycles. The summed E-state index contributed by atoms with van der Waals surface area (Å²) in [5.41, 5.74) is 1.31. The van der Waals surface area contributed by atoms with Gasteiger partial charge in [-0.05, 0) is 36.5 Å². The van der Waals surface area contributed by atoms with Crippen LogP contribution in [0.4, 0.5) is 11.6 Å². The van der Waals surface area contributed by atoms with E-state index in [1.54, 1.807) is 25.3 Å². The molecule has 0 aliphatic rings. The zero-order valence-electron chi connectivity index (χ0n) is 11.3. The SMILES string of the molecule is Cc1ccnc(NC(=O)Cn2nc([N+](=O)[O-])c(Cl)c2C)c1. The van der Waals surface area contributed by atoms with Crippen molar-refractivity contribution in [1.29, 1.82) is 0 Å². The Hall–Kier alpha value is -2.48. The summed E-state index contributed by atoms with van der Waals surface area (Å²) in [7, 11) is 0. The average molecular weight is 310 g/mol. The lowest BCUT2D eigenvalue weighted by molar-refractivity contribution is -0.389. The van der Waals surface area contributed by atoms with Crippen molar-refractivity contribution in [2.45, 2.75) is 20.4 Å². The topological polar surface area (TPSA) is 103 Å². The fourth-order valence-corrected chi connectivity index (χ4v) is 1.91. The standard InChI is InChI=1S/C12H12ClN5O3/c1-7-3-4-14-9(5-7)15-10(19)6-17-8(2)11(13)12(16-17)18(20)21/h3-5H,6H2,1-2H3,(H,14,15,19). The van der Waals surface area contributed by atoms with Crippen molar-refractivity contribution in [3.8, 4) is 0 Å². The van der Waals surface area contributed by atoms with Gasteiger partial charge in [0.2, 0.25) is 5.91 Å². The van der Waals surface area contributed by atoms with Crippen LogP contribution in [0.5, 0.6) is 0 Å². The zero-order chi connectivity index (χ0) is 15.6. The van der Waals surface area contributed by atoms with Gasteiger partial charge in [-0.15, -0.1) is 0 Å². The highest BCUT2D eigenvalue weighted by Crippen LogP contribution is 2.26. The minimum absolute atomic E-state index is 0.0681. The third-order valence-electron chi connectivity index (χ3n) is 2.77. The van der Waals surface area contributed by atoms with Crippen molar-refractivity contribution < 1.29 is 9.72 Å². The van der Waals surface area contributed by atoms with E-state index in [0.29, 0.717) is 11.5 Å². The Morgan fingerprint density at radius 2 is 2.24 bits per heavy atom. The molecule has 0 atom stereocenters. The Morgan fingerprint density at radius 1 is 1.52 bits per heavy atom. The van der Waals surface area contributed by atoms with Crippen LogP contribution >= 0.6 is 11.6 Å². The molecule has 0 bridgehead atoms. The third kappa shape index (κ3) is 3.34. The fourth-order valence-electron chi connectivity index (χ4n) is 1.70. The van der Waals surface area contributed by atoms with Crippen LogP contribution in [-0.4, -0.2) is 25.6 Å². The summed E-state index contributed by atoms with van der Waals surface area (Å²) in [6.45, 7) is 3.24. The first-order valence-corrected chi connectivity index (χ1v) is 6.36. The molecule has 1 amide bonds. The number of carbonyl (C=O) groups excluding carboxylic acids is 1. The number of nitrogens with one attached hydrogen (secondary N) is 1. The Morgan fingerprint density at radius 3 is 2.81 bits per heavy atom. The Balaban J connectivity index is 2.13. The zero-order valence-corrected chi connectivity index (χ0v) is 12.1. The molecular weight excluding hydrogens is 298 g/mol. The normalized spacial score (nSPS) is 10.4. The van der Waals surface area contributed by atoms with Crippen molar-refractivity contribution in [3.63, 3.8) is 0 Å². The van der Waals surface area contributed by atoms with Crippen LogP contribution in [-0.2, 0) is 11.3 Å². The number of aryl methyl sites for hydroxylation is 1. The summed E-state index contributed by atoms with van der Waals surface area (Å²) in [5.74, 6) is -0.452. The van der Waals surface area contributed by atoms with Gasteiger partial charge in [0.05, 0.1) is 10.8 Å². The predicted molar refractivity (Wildman–Crippen MR) is 76.2 cm³/mol. The molecule has 2 heterocycles. The molecule has 2 aromatic heterocycles. The molecule has 1 N–H and O–H groups in total. The van der Waals surface area contributed by atoms with E-state index in [4.69, 9.17) is 11.6 Å². The van der Waals surface area contributed by atoms with Gasteiger partial charge >= 0.3 is 5.82 Å². The number of nitro groups is 1. The van der Waals surface area contributed by atoms with Gasteiger partial charge in [0, 0.05) is 6.20 Å². The van der Waals surface area contributed by atoms with E-state index in [-0.39, 0.29) is 11.6 Å². The van der Waals surface area contributed by atoms with E-state index in [0.717, 1.165) is 5.56 Å². The number of pyridine rings is 1. The summed E-state index contributed by atoms with van der Waals surface area (Å²) in [6.07, 6.45) is 1.58. The van der Waals surface area contributed by atoms with Crippen molar-refractivity contribution in [2.24, 2.45) is 0 Å². The number of halogens is 1. The Bertz CT molecular complexity index is 713. The van der Waals surface area contributed by atoms with E-state index in [9.17, 15) is 14.9 Å². The monoisotopic (exact) mass is 309 g/mol. The van der Waals surface area contributed by atoms with Gasteiger partial charge in [-0.2, -0.15) is 4.68 Å². The van der Waals surface area contributed by atoms with E-state index in [2.05, 4.69) is 15.4 Å². The number of carbonyl (C=O) groups is 1. The van der Waals surface area contributed by atoms with Crippen LogP contribution in [0.25, 0.3) is 0 Å². The van der Waals surface area contributed by atoms with Gasteiger partial charge in [-0.3, -0.25) is 4.79 Å². The molecule has 110 valence electrons. The molecule has 2 aromatic rings. The molecule has 0 spiro atoms. The number of hydrogen-bond donors (Lipinski definition) is 1. The van der Waals surface area contributed by atoms with Gasteiger partial charge in [-0.1, -0.05) is 11.6 Å². The Kier molecular flexibility index (Phi) is 4.18. The van der Waals surface area contributed by atoms with Crippen LogP contribution in [0.2, 0.25) is 5.02 Å². The van der Waals surface area contributed by atoms with Gasteiger partial charge in [0.1, 0.15) is 12.4 Å². The van der Waals surface area contributed by atoms with E-state index in [1.807, 2.05) is 6.92 Å². The van der Waals surface area contributed by atoms with Gasteiger partial charge in [0.15, 0.2) is 5.02 Å². The number of nitrogens with zero attached hydrogens (tertiary/aromatic N) is 4. The van der Waals surface area contributed by atoms with E-state index >= 15 is 0 Å². The molecule has 2 rings (SSSR count). The predicted octanol–water partition coefficient (Wildman–Crippen LogP) is 2.10. The summed E-state index contributed by atoms with van der Waals surface area (Å²) in [5, 5.41) is 17.0. The first-order chi connectivity index (χ1) is 9.88. The average Bonchev–Trinajstić information content (AvgIpc) is 2.67. The molecule has 0 aliphatic carbocycles. The number of aromatic nitrogens is 3. The number of anilines is 1. The lowest BCUT2D eigenvalue weighted by Crippen LogP contribution is -2.20. The molecule has 0 radical (unpaired) electrons. The van der Waals surface area contributed by atoms with Crippen molar-refractivity contribution in [1.82, 2.24) is 14.8 Å². The lowest BCUT2D eigenvalue weighted by Gasteiger charge is -2.04. The highest BCUT2D eigenvalue weighted by molar-refractivity contribution is 6.33. The molecular formula is C12H12ClN5O3. The van der Waals surface area contributed by atoms with E-state index < -0.39 is 16.6 Å². The first-order valence-electron chi connectivity index (χ1n) is 5.98. The summed E-state index contributed by atoms with van der Waals surface area (Å²) < 4.78 is 1.19. The van der Waals surface area contributed by atoms with Gasteiger partial charge in [-0.25, -0.2) is 4.98 Å². The van der Waals surface area contributed by atoms with Crippen molar-refractivity contribution in [3.05, 3.63) is 44.7 Å². The van der Waals surface area contributed by atoms with Gasteiger partial charge in [0.25, 0.3) is 0 Å². The second kappa shape index (κ2) is 5.88. The second-order valence-corrected chi connectivity index (χ2v) is 4.78. The number of hydrogen-bond acceptors (Lipinski definition) is 5. The largest absolute Gasteiger partial charge is 0.408 e. The molecule has 9 heteroatoms. The van der Waals surface area contributed by atoms with Crippen LogP contribution < -0.4 is 5.32 Å². The minimum Gasteiger partial charge on any atom is -0.358 e. The summed E-state index contributed by atoms with van der Waals surface area (Å²) >= 11 is 5.80. The van der Waals surface area contributed by atoms with Gasteiger partial charge < -0.3 is 15.4 Å². The number of rotatable bonds is 4. The highest BCUT2D eigenvalue weighted by Gasteiger charge is 2.24. The highest BCUT2D eigenvalue weighted by atomic mass is 35.5. The Labute approximate surface area is 124 Å². The molecule has 0 fully saturated rings. The molecule has 0 saturated carbocycles. The van der Waals surface area contributed by atoms with Crippen LogP contribution in [0.3, 0.4) is 0 Å². The summed E-state index contributed by atoms with van der Waals surface area (Å²) in [6, 6.07) is 3.51. The van der Waals surface area contributed by atoms with Crippen molar-refractivity contribution >= 4 is 29.1 Å². The van der Waals surface area contributed by atoms with E-state index in [1.165, 1.54) is 4.68 Å². The molecule has 8 nitrogen and oxygen atoms in total. The quantitative estimate of drug-likeness (QED) is 0.688. The lowest BCUT2D eigenvalue weighted by atomic mass is 10.3. The molecule has 21 heavy (non-hydrogen) atoms. The minimum atomic E-state index is -0.689. The van der Waals surface area contributed by atoms with Crippen LogP contribution in [0.15, 0.2) is 18.3 Å². The maximum Gasteiger partial charge on any atom is 0.408 e. The van der Waals surface area contributed by atoms with Crippen molar-refractivity contribution in [2.75, 3.05) is 5.32 Å². The van der Waals surface area contributed by atoms with Crippen LogP contribution in [0.1, 0.15) is 11.3 Å². The molecule has 0 aromatic carbocycles. The smallest absolute Gasteiger partial charge is 0.358 e. The maximum absolute atomic E-state index is 11.9.